The van der Waals surface area contributed by atoms with E-state index in [1.807, 2.05) is 11.6 Å². The lowest BCUT2D eigenvalue weighted by Gasteiger charge is -2.05. The number of nitrogens with zero attached hydrogens (tertiary/aromatic N) is 3. The van der Waals surface area contributed by atoms with E-state index < -0.39 is 0 Å². The average molecular weight is 258 g/mol. The van der Waals surface area contributed by atoms with Gasteiger partial charge in [0.2, 0.25) is 0 Å². The first-order chi connectivity index (χ1) is 8.34. The van der Waals surface area contributed by atoms with Gasteiger partial charge in [-0.25, -0.2) is 0 Å². The summed E-state index contributed by atoms with van der Waals surface area (Å²) < 4.78 is 7.38. The van der Waals surface area contributed by atoms with Crippen LogP contribution in [0.4, 0.5) is 0 Å². The minimum absolute atomic E-state index is 0.800. The molecule has 0 amide bonds. The summed E-state index contributed by atoms with van der Waals surface area (Å²) >= 11 is 1.71. The average Bonchev–Trinajstić information content (AvgIpc) is 2.73. The van der Waals surface area contributed by atoms with E-state index >= 15 is 0 Å². The van der Waals surface area contributed by atoms with Gasteiger partial charge in [-0.2, -0.15) is 0 Å². The van der Waals surface area contributed by atoms with E-state index in [4.69, 9.17) is 4.74 Å². The molecule has 98 valence electrons. The predicted octanol–water partition coefficient (Wildman–Crippen LogP) is 1.31. The van der Waals surface area contributed by atoms with E-state index in [-0.39, 0.29) is 0 Å². The normalized spacial score (nSPS) is 10.9. The highest BCUT2D eigenvalue weighted by atomic mass is 32.2. The molecule has 0 aliphatic rings. The van der Waals surface area contributed by atoms with Crippen LogP contribution >= 0.6 is 11.8 Å². The van der Waals surface area contributed by atoms with E-state index in [0.717, 1.165) is 43.6 Å². The zero-order chi connectivity index (χ0) is 12.3. The van der Waals surface area contributed by atoms with Crippen molar-refractivity contribution in [2.24, 2.45) is 7.05 Å². The van der Waals surface area contributed by atoms with E-state index in [1.165, 1.54) is 6.42 Å². The van der Waals surface area contributed by atoms with Gasteiger partial charge in [0, 0.05) is 32.5 Å². The third-order valence-electron chi connectivity index (χ3n) is 2.25. The first-order valence-electron chi connectivity index (χ1n) is 6.10. The molecule has 1 aromatic rings. The molecule has 0 aliphatic carbocycles. The summed E-state index contributed by atoms with van der Waals surface area (Å²) in [4.78, 5) is 0. The molecular weight excluding hydrogens is 236 g/mol. The number of hydrogen-bond donors (Lipinski definition) is 1. The molecule has 1 heterocycles. The third kappa shape index (κ3) is 6.65. The van der Waals surface area contributed by atoms with Gasteiger partial charge in [0.05, 0.1) is 6.61 Å². The fourth-order valence-electron chi connectivity index (χ4n) is 1.24. The maximum Gasteiger partial charge on any atom is 0.190 e. The van der Waals surface area contributed by atoms with Crippen molar-refractivity contribution in [2.75, 3.05) is 32.1 Å². The lowest BCUT2D eigenvalue weighted by Crippen LogP contribution is -2.22. The number of unbranched alkanes of at least 4 members (excludes halogenated alkanes) is 1. The number of aryl methyl sites for hydroxylation is 1. The van der Waals surface area contributed by atoms with E-state index in [9.17, 15) is 0 Å². The standard InChI is InChI=1S/C11H22N4OS/c1-3-4-7-16-8-5-12-6-9-17-11-14-13-10-15(11)2/h10,12H,3-9H2,1-2H3. The molecule has 1 rings (SSSR count). The number of aromatic nitrogens is 3. The molecular formula is C11H22N4OS. The van der Waals surface area contributed by atoms with Gasteiger partial charge in [-0.3, -0.25) is 0 Å². The van der Waals surface area contributed by atoms with Crippen molar-refractivity contribution < 1.29 is 4.74 Å². The molecule has 1 N–H and O–H groups in total. The summed E-state index contributed by atoms with van der Waals surface area (Å²) in [5, 5.41) is 12.1. The smallest absolute Gasteiger partial charge is 0.190 e. The second-order valence-electron chi connectivity index (χ2n) is 3.79. The molecule has 0 saturated heterocycles. The maximum absolute atomic E-state index is 5.45. The molecule has 6 heteroatoms. The van der Waals surface area contributed by atoms with E-state index in [2.05, 4.69) is 22.4 Å². The molecule has 0 radical (unpaired) electrons. The van der Waals surface area contributed by atoms with Crippen molar-refractivity contribution in [2.45, 2.75) is 24.9 Å². The van der Waals surface area contributed by atoms with Crippen LogP contribution in [0.5, 0.6) is 0 Å². The molecule has 0 aliphatic heterocycles. The number of hydrogen-bond acceptors (Lipinski definition) is 5. The molecule has 0 aromatic carbocycles. The Morgan fingerprint density at radius 2 is 2.29 bits per heavy atom. The topological polar surface area (TPSA) is 52.0 Å². The zero-order valence-electron chi connectivity index (χ0n) is 10.7. The van der Waals surface area contributed by atoms with Crippen LogP contribution < -0.4 is 5.32 Å². The molecule has 0 atom stereocenters. The van der Waals surface area contributed by atoms with Gasteiger partial charge >= 0.3 is 0 Å². The Bertz CT molecular complexity index is 293. The largest absolute Gasteiger partial charge is 0.380 e. The number of nitrogens with one attached hydrogen (secondary N) is 1. The van der Waals surface area contributed by atoms with Crippen LogP contribution in [0.25, 0.3) is 0 Å². The Kier molecular flexibility index (Phi) is 8.04. The molecule has 0 bridgehead atoms. The highest BCUT2D eigenvalue weighted by Crippen LogP contribution is 2.11. The highest BCUT2D eigenvalue weighted by molar-refractivity contribution is 7.99. The Hall–Kier alpha value is -0.590. The fraction of sp³-hybridized carbons (Fsp3) is 0.818. The van der Waals surface area contributed by atoms with Crippen LogP contribution in [0.1, 0.15) is 19.8 Å². The third-order valence-corrected chi connectivity index (χ3v) is 3.28. The summed E-state index contributed by atoms with van der Waals surface area (Å²) in [6, 6.07) is 0. The van der Waals surface area contributed by atoms with Gasteiger partial charge in [0.25, 0.3) is 0 Å². The summed E-state index contributed by atoms with van der Waals surface area (Å²) in [5.74, 6) is 1.00. The van der Waals surface area contributed by atoms with Gasteiger partial charge in [0.15, 0.2) is 5.16 Å². The zero-order valence-corrected chi connectivity index (χ0v) is 11.5. The van der Waals surface area contributed by atoms with Gasteiger partial charge in [-0.05, 0) is 6.42 Å². The summed E-state index contributed by atoms with van der Waals surface area (Å²) in [5.41, 5.74) is 0. The second kappa shape index (κ2) is 9.44. The molecule has 0 saturated carbocycles. The van der Waals surface area contributed by atoms with Crippen LogP contribution in [-0.2, 0) is 11.8 Å². The van der Waals surface area contributed by atoms with Crippen LogP contribution in [0.15, 0.2) is 11.5 Å². The quantitative estimate of drug-likeness (QED) is 0.506. The van der Waals surface area contributed by atoms with Crippen LogP contribution in [0.2, 0.25) is 0 Å². The van der Waals surface area contributed by atoms with Crippen molar-refractivity contribution in [3.8, 4) is 0 Å². The summed E-state index contributed by atoms with van der Waals surface area (Å²) in [6.07, 6.45) is 4.07. The van der Waals surface area contributed by atoms with E-state index in [1.54, 1.807) is 18.1 Å². The van der Waals surface area contributed by atoms with Crippen LogP contribution in [0.3, 0.4) is 0 Å². The molecule has 0 unspecified atom stereocenters. The highest BCUT2D eigenvalue weighted by Gasteiger charge is 1.99. The maximum atomic E-state index is 5.45. The second-order valence-corrected chi connectivity index (χ2v) is 4.85. The monoisotopic (exact) mass is 258 g/mol. The number of ether oxygens (including phenoxy) is 1. The first kappa shape index (κ1) is 14.5. The predicted molar refractivity (Wildman–Crippen MR) is 70.3 cm³/mol. The van der Waals surface area contributed by atoms with Crippen molar-refractivity contribution in [1.29, 1.82) is 0 Å². The van der Waals surface area contributed by atoms with Crippen molar-refractivity contribution in [3.05, 3.63) is 6.33 Å². The van der Waals surface area contributed by atoms with E-state index in [0.29, 0.717) is 0 Å². The number of rotatable bonds is 10. The molecule has 0 spiro atoms. The molecule has 17 heavy (non-hydrogen) atoms. The Morgan fingerprint density at radius 3 is 3.00 bits per heavy atom. The molecule has 1 aromatic heterocycles. The minimum Gasteiger partial charge on any atom is -0.380 e. The number of thioether (sulfide) groups is 1. The minimum atomic E-state index is 0.800. The van der Waals surface area contributed by atoms with Crippen LogP contribution in [0, 0.1) is 0 Å². The lowest BCUT2D eigenvalue weighted by atomic mass is 10.4. The van der Waals surface area contributed by atoms with Gasteiger partial charge in [-0.15, -0.1) is 10.2 Å². The van der Waals surface area contributed by atoms with Crippen molar-refractivity contribution in [1.82, 2.24) is 20.1 Å². The summed E-state index contributed by atoms with van der Waals surface area (Å²) in [6.45, 7) is 5.74. The summed E-state index contributed by atoms with van der Waals surface area (Å²) in [7, 11) is 1.96. The lowest BCUT2D eigenvalue weighted by molar-refractivity contribution is 0.133. The van der Waals surface area contributed by atoms with Gasteiger partial charge in [-0.1, -0.05) is 25.1 Å². The fourth-order valence-corrected chi connectivity index (χ4v) is 2.02. The Labute approximate surface area is 107 Å². The van der Waals surface area contributed by atoms with Gasteiger partial charge in [0.1, 0.15) is 6.33 Å². The Morgan fingerprint density at radius 1 is 1.41 bits per heavy atom. The molecule has 0 fully saturated rings. The molecule has 5 nitrogen and oxygen atoms in total. The van der Waals surface area contributed by atoms with Crippen LogP contribution in [-0.4, -0.2) is 46.8 Å². The van der Waals surface area contributed by atoms with Crippen molar-refractivity contribution in [3.63, 3.8) is 0 Å². The SMILES string of the molecule is CCCCOCCNCCSc1nncn1C. The van der Waals surface area contributed by atoms with Gasteiger partial charge < -0.3 is 14.6 Å². The van der Waals surface area contributed by atoms with Crippen molar-refractivity contribution >= 4 is 11.8 Å². The Balaban J connectivity index is 1.86. The first-order valence-corrected chi connectivity index (χ1v) is 7.08.